The first-order valence-electron chi connectivity index (χ1n) is 7.77. The van der Waals surface area contributed by atoms with Crippen LogP contribution in [0, 0.1) is 0 Å². The van der Waals surface area contributed by atoms with Gasteiger partial charge in [-0.15, -0.1) is 0 Å². The number of carbonyl (C=O) groups excluding carboxylic acids is 1. The Morgan fingerprint density at radius 1 is 0.909 bits per heavy atom. The van der Waals surface area contributed by atoms with Gasteiger partial charge in [0.1, 0.15) is 5.84 Å². The SMILES string of the molecule is O=C1C(c2ccccc2)CN=C2CC(c3ccccc3)CN12. The molecule has 2 aromatic rings. The van der Waals surface area contributed by atoms with E-state index in [1.807, 2.05) is 41.3 Å². The van der Waals surface area contributed by atoms with Gasteiger partial charge in [0.25, 0.3) is 0 Å². The second-order valence-electron chi connectivity index (χ2n) is 5.98. The van der Waals surface area contributed by atoms with E-state index in [2.05, 4.69) is 24.3 Å². The highest BCUT2D eigenvalue weighted by atomic mass is 16.2. The summed E-state index contributed by atoms with van der Waals surface area (Å²) in [6, 6.07) is 20.4. The van der Waals surface area contributed by atoms with Crippen molar-refractivity contribution < 1.29 is 4.79 Å². The van der Waals surface area contributed by atoms with Crippen LogP contribution in [0.15, 0.2) is 65.7 Å². The van der Waals surface area contributed by atoms with Crippen LogP contribution >= 0.6 is 0 Å². The molecule has 3 heteroatoms. The lowest BCUT2D eigenvalue weighted by atomic mass is 9.96. The monoisotopic (exact) mass is 290 g/mol. The minimum absolute atomic E-state index is 0.125. The summed E-state index contributed by atoms with van der Waals surface area (Å²) in [7, 11) is 0. The van der Waals surface area contributed by atoms with Crippen LogP contribution in [0.2, 0.25) is 0 Å². The highest BCUT2D eigenvalue weighted by Crippen LogP contribution is 2.34. The zero-order valence-electron chi connectivity index (χ0n) is 12.4. The molecule has 1 amide bonds. The second-order valence-corrected chi connectivity index (χ2v) is 5.98. The van der Waals surface area contributed by atoms with Gasteiger partial charge in [-0.1, -0.05) is 60.7 Å². The first kappa shape index (κ1) is 13.3. The molecular weight excluding hydrogens is 272 g/mol. The van der Waals surface area contributed by atoms with Crippen LogP contribution in [0.4, 0.5) is 0 Å². The normalized spacial score (nSPS) is 24.1. The van der Waals surface area contributed by atoms with Gasteiger partial charge >= 0.3 is 0 Å². The number of fused-ring (bicyclic) bond motifs is 1. The standard InChI is InChI=1S/C19H18N2O/c22-19-17(15-9-5-2-6-10-15)12-20-18-11-16(13-21(18)19)14-7-3-1-4-8-14/h1-10,16-17H,11-13H2. The van der Waals surface area contributed by atoms with Crippen LogP contribution < -0.4 is 0 Å². The minimum atomic E-state index is -0.125. The van der Waals surface area contributed by atoms with E-state index >= 15 is 0 Å². The van der Waals surface area contributed by atoms with Crippen molar-refractivity contribution in [1.29, 1.82) is 0 Å². The van der Waals surface area contributed by atoms with Crippen molar-refractivity contribution in [2.75, 3.05) is 13.1 Å². The molecule has 0 radical (unpaired) electrons. The topological polar surface area (TPSA) is 32.7 Å². The van der Waals surface area contributed by atoms with E-state index in [4.69, 9.17) is 4.99 Å². The molecule has 0 N–H and O–H groups in total. The lowest BCUT2D eigenvalue weighted by molar-refractivity contribution is -0.129. The van der Waals surface area contributed by atoms with Gasteiger partial charge in [0, 0.05) is 18.9 Å². The molecular formula is C19H18N2O. The van der Waals surface area contributed by atoms with Crippen LogP contribution in [0.5, 0.6) is 0 Å². The Balaban J connectivity index is 1.58. The summed E-state index contributed by atoms with van der Waals surface area (Å²) in [5, 5.41) is 0. The zero-order valence-corrected chi connectivity index (χ0v) is 12.4. The van der Waals surface area contributed by atoms with Gasteiger partial charge < -0.3 is 0 Å². The average Bonchev–Trinajstić information content (AvgIpc) is 3.02. The molecule has 22 heavy (non-hydrogen) atoms. The third-order valence-electron chi connectivity index (χ3n) is 4.64. The third-order valence-corrected chi connectivity index (χ3v) is 4.64. The number of hydrogen-bond donors (Lipinski definition) is 0. The molecule has 0 aliphatic carbocycles. The highest BCUT2D eigenvalue weighted by Gasteiger charge is 2.39. The Labute approximate surface area is 130 Å². The van der Waals surface area contributed by atoms with Gasteiger partial charge in [-0.25, -0.2) is 0 Å². The van der Waals surface area contributed by atoms with Crippen LogP contribution in [0.1, 0.15) is 29.4 Å². The molecule has 2 atom stereocenters. The van der Waals surface area contributed by atoms with Gasteiger partial charge in [0.15, 0.2) is 0 Å². The maximum atomic E-state index is 12.8. The highest BCUT2D eigenvalue weighted by molar-refractivity contribution is 6.04. The molecule has 0 aromatic heterocycles. The summed E-state index contributed by atoms with van der Waals surface area (Å²) in [6.45, 7) is 1.33. The molecule has 0 bridgehead atoms. The lowest BCUT2D eigenvalue weighted by Crippen LogP contribution is -2.41. The summed E-state index contributed by atoms with van der Waals surface area (Å²) < 4.78 is 0. The predicted octanol–water partition coefficient (Wildman–Crippen LogP) is 3.20. The van der Waals surface area contributed by atoms with Gasteiger partial charge in [-0.2, -0.15) is 0 Å². The van der Waals surface area contributed by atoms with Crippen molar-refractivity contribution in [3.05, 3.63) is 71.8 Å². The van der Waals surface area contributed by atoms with E-state index in [-0.39, 0.29) is 11.8 Å². The van der Waals surface area contributed by atoms with Gasteiger partial charge in [0.2, 0.25) is 5.91 Å². The van der Waals surface area contributed by atoms with Crippen LogP contribution in [0.3, 0.4) is 0 Å². The molecule has 2 unspecified atom stereocenters. The maximum absolute atomic E-state index is 12.8. The van der Waals surface area contributed by atoms with E-state index in [0.29, 0.717) is 12.5 Å². The summed E-state index contributed by atoms with van der Waals surface area (Å²) in [4.78, 5) is 19.4. The number of rotatable bonds is 2. The van der Waals surface area contributed by atoms with Gasteiger partial charge in [-0.3, -0.25) is 14.7 Å². The predicted molar refractivity (Wildman–Crippen MR) is 87.0 cm³/mol. The first-order valence-corrected chi connectivity index (χ1v) is 7.77. The van der Waals surface area contributed by atoms with Crippen molar-refractivity contribution in [2.45, 2.75) is 18.3 Å². The van der Waals surface area contributed by atoms with Crippen molar-refractivity contribution in [3.8, 4) is 0 Å². The van der Waals surface area contributed by atoms with E-state index in [9.17, 15) is 4.79 Å². The van der Waals surface area contributed by atoms with Crippen molar-refractivity contribution in [2.24, 2.45) is 4.99 Å². The van der Waals surface area contributed by atoms with Crippen LogP contribution in [-0.2, 0) is 4.79 Å². The number of hydrogen-bond acceptors (Lipinski definition) is 2. The Hall–Kier alpha value is -2.42. The Morgan fingerprint density at radius 2 is 1.55 bits per heavy atom. The fraction of sp³-hybridized carbons (Fsp3) is 0.263. The van der Waals surface area contributed by atoms with Crippen LogP contribution in [0.25, 0.3) is 0 Å². The summed E-state index contributed by atoms with van der Waals surface area (Å²) >= 11 is 0. The van der Waals surface area contributed by atoms with Crippen molar-refractivity contribution in [1.82, 2.24) is 4.90 Å². The van der Waals surface area contributed by atoms with Gasteiger partial charge in [0.05, 0.1) is 12.5 Å². The second kappa shape index (κ2) is 5.41. The van der Waals surface area contributed by atoms with E-state index in [1.54, 1.807) is 0 Å². The first-order chi connectivity index (χ1) is 10.8. The molecule has 4 rings (SSSR count). The Bertz CT molecular complexity index is 709. The van der Waals surface area contributed by atoms with Crippen LogP contribution in [-0.4, -0.2) is 29.7 Å². The van der Waals surface area contributed by atoms with Crippen molar-refractivity contribution in [3.63, 3.8) is 0 Å². The fourth-order valence-electron chi connectivity index (χ4n) is 3.43. The molecule has 3 nitrogen and oxygen atoms in total. The molecule has 1 saturated heterocycles. The molecule has 2 aromatic carbocycles. The Kier molecular flexibility index (Phi) is 3.26. The van der Waals surface area contributed by atoms with Crippen molar-refractivity contribution >= 4 is 11.7 Å². The van der Waals surface area contributed by atoms with E-state index in [0.717, 1.165) is 24.4 Å². The average molecular weight is 290 g/mol. The lowest BCUT2D eigenvalue weighted by Gasteiger charge is -2.27. The smallest absolute Gasteiger partial charge is 0.237 e. The number of nitrogens with zero attached hydrogens (tertiary/aromatic N) is 2. The zero-order chi connectivity index (χ0) is 14.9. The number of carbonyl (C=O) groups is 1. The molecule has 2 heterocycles. The quantitative estimate of drug-likeness (QED) is 0.836. The Morgan fingerprint density at radius 3 is 2.23 bits per heavy atom. The number of aliphatic imine (C=N–C) groups is 1. The van der Waals surface area contributed by atoms with E-state index in [1.165, 1.54) is 5.56 Å². The summed E-state index contributed by atoms with van der Waals surface area (Å²) in [5.41, 5.74) is 2.36. The number of amides is 1. The molecule has 1 fully saturated rings. The maximum Gasteiger partial charge on any atom is 0.237 e. The number of benzene rings is 2. The minimum Gasteiger partial charge on any atom is -0.299 e. The number of amidine groups is 1. The summed E-state index contributed by atoms with van der Waals surface area (Å²) in [6.07, 6.45) is 0.872. The molecule has 110 valence electrons. The fourth-order valence-corrected chi connectivity index (χ4v) is 3.43. The third kappa shape index (κ3) is 2.23. The largest absolute Gasteiger partial charge is 0.299 e. The molecule has 2 aliphatic heterocycles. The summed E-state index contributed by atoms with van der Waals surface area (Å²) in [5.74, 6) is 1.42. The molecule has 0 spiro atoms. The molecule has 0 saturated carbocycles. The van der Waals surface area contributed by atoms with E-state index < -0.39 is 0 Å². The molecule has 2 aliphatic rings. The van der Waals surface area contributed by atoms with Gasteiger partial charge in [-0.05, 0) is 11.1 Å².